The van der Waals surface area contributed by atoms with Gasteiger partial charge in [0.15, 0.2) is 0 Å². The predicted octanol–water partition coefficient (Wildman–Crippen LogP) is 1.45. The minimum Gasteiger partial charge on any atom is -0.386 e. The Balaban J connectivity index is 2.03. The number of rotatable bonds is 3. The molecular formula is C13H19N3. The number of aryl methyl sites for hydroxylation is 1. The van der Waals surface area contributed by atoms with E-state index in [1.54, 1.807) is 0 Å². The Labute approximate surface area is 96.9 Å². The molecule has 1 aliphatic rings. The normalized spacial score (nSPS) is 19.1. The van der Waals surface area contributed by atoms with Gasteiger partial charge in [0, 0.05) is 31.7 Å². The van der Waals surface area contributed by atoms with Gasteiger partial charge in [-0.25, -0.2) is 0 Å². The van der Waals surface area contributed by atoms with Crippen molar-refractivity contribution in [2.75, 3.05) is 25.0 Å². The van der Waals surface area contributed by atoms with Gasteiger partial charge in [0.2, 0.25) is 0 Å². The van der Waals surface area contributed by atoms with Gasteiger partial charge in [0.05, 0.1) is 5.82 Å². The summed E-state index contributed by atoms with van der Waals surface area (Å²) in [6, 6.07) is 8.45. The average Bonchev–Trinajstić information content (AvgIpc) is 2.64. The van der Waals surface area contributed by atoms with Crippen LogP contribution in [0.25, 0.3) is 0 Å². The maximum Gasteiger partial charge on any atom is 0.0923 e. The van der Waals surface area contributed by atoms with Crippen LogP contribution in [0, 0.1) is 12.8 Å². The number of nitrogens with two attached hydrogens (primary N) is 1. The van der Waals surface area contributed by atoms with Gasteiger partial charge < -0.3 is 16.0 Å². The molecule has 1 aliphatic heterocycles. The summed E-state index contributed by atoms with van der Waals surface area (Å²) >= 11 is 0. The monoisotopic (exact) mass is 217 g/mol. The number of para-hydroxylation sites is 1. The molecule has 0 saturated carbocycles. The molecule has 1 aromatic rings. The molecule has 16 heavy (non-hydrogen) atoms. The van der Waals surface area contributed by atoms with Crippen molar-refractivity contribution in [1.82, 2.24) is 5.32 Å². The molecule has 1 aromatic carbocycles. The highest BCUT2D eigenvalue weighted by molar-refractivity contribution is 5.52. The number of nitrogens with zero attached hydrogens (tertiary/aromatic N) is 1. The maximum absolute atomic E-state index is 5.70. The van der Waals surface area contributed by atoms with E-state index in [9.17, 15) is 0 Å². The summed E-state index contributed by atoms with van der Waals surface area (Å²) in [6.45, 7) is 4.09. The van der Waals surface area contributed by atoms with Crippen LogP contribution in [-0.2, 0) is 0 Å². The molecule has 0 aromatic heterocycles. The van der Waals surface area contributed by atoms with E-state index in [4.69, 9.17) is 5.73 Å². The van der Waals surface area contributed by atoms with Crippen LogP contribution in [0.15, 0.2) is 36.2 Å². The molecule has 0 unspecified atom stereocenters. The number of hydrogen-bond acceptors (Lipinski definition) is 3. The van der Waals surface area contributed by atoms with E-state index in [1.165, 1.54) is 11.3 Å². The first kappa shape index (κ1) is 10.9. The van der Waals surface area contributed by atoms with Crippen molar-refractivity contribution in [1.29, 1.82) is 0 Å². The molecule has 0 spiro atoms. The Morgan fingerprint density at radius 2 is 2.19 bits per heavy atom. The molecule has 0 amide bonds. The second kappa shape index (κ2) is 4.47. The fourth-order valence-electron chi connectivity index (χ4n) is 2.18. The second-order valence-electron chi connectivity index (χ2n) is 4.43. The number of nitrogens with one attached hydrogen (secondary N) is 1. The van der Waals surface area contributed by atoms with Gasteiger partial charge in [-0.05, 0) is 24.6 Å². The summed E-state index contributed by atoms with van der Waals surface area (Å²) in [4.78, 5) is 2.29. The lowest BCUT2D eigenvalue weighted by molar-refractivity contribution is 0.640. The van der Waals surface area contributed by atoms with E-state index in [1.807, 2.05) is 0 Å². The lowest BCUT2D eigenvalue weighted by Crippen LogP contribution is -2.27. The fraction of sp³-hybridized carbons (Fsp3) is 0.385. The van der Waals surface area contributed by atoms with Crippen LogP contribution in [0.4, 0.5) is 5.69 Å². The van der Waals surface area contributed by atoms with Crippen molar-refractivity contribution in [2.45, 2.75) is 6.92 Å². The SMILES string of the molecule is Cc1ccccc1N(C)C[C@H]1C=C(N)NC1. The number of anilines is 1. The van der Waals surface area contributed by atoms with Crippen molar-refractivity contribution in [3.05, 3.63) is 41.7 Å². The third-order valence-electron chi connectivity index (χ3n) is 3.02. The van der Waals surface area contributed by atoms with Gasteiger partial charge in [-0.3, -0.25) is 0 Å². The third kappa shape index (κ3) is 2.30. The Morgan fingerprint density at radius 1 is 1.44 bits per heavy atom. The van der Waals surface area contributed by atoms with E-state index in [0.717, 1.165) is 18.9 Å². The van der Waals surface area contributed by atoms with Crippen LogP contribution < -0.4 is 16.0 Å². The highest BCUT2D eigenvalue weighted by Gasteiger charge is 2.15. The van der Waals surface area contributed by atoms with Crippen molar-refractivity contribution in [3.8, 4) is 0 Å². The van der Waals surface area contributed by atoms with E-state index in [2.05, 4.69) is 54.5 Å². The van der Waals surface area contributed by atoms with Gasteiger partial charge in [-0.2, -0.15) is 0 Å². The smallest absolute Gasteiger partial charge is 0.0923 e. The molecule has 0 bridgehead atoms. The van der Waals surface area contributed by atoms with Gasteiger partial charge in [0.25, 0.3) is 0 Å². The molecule has 0 saturated heterocycles. The summed E-state index contributed by atoms with van der Waals surface area (Å²) in [5.74, 6) is 1.31. The number of hydrogen-bond donors (Lipinski definition) is 2. The number of benzene rings is 1. The quantitative estimate of drug-likeness (QED) is 0.805. The molecule has 86 valence electrons. The Hall–Kier alpha value is -1.64. The van der Waals surface area contributed by atoms with Gasteiger partial charge in [0.1, 0.15) is 0 Å². The first-order valence-electron chi connectivity index (χ1n) is 5.65. The lowest BCUT2D eigenvalue weighted by atomic mass is 10.1. The van der Waals surface area contributed by atoms with E-state index >= 15 is 0 Å². The molecule has 3 N–H and O–H groups in total. The zero-order chi connectivity index (χ0) is 11.5. The predicted molar refractivity (Wildman–Crippen MR) is 68.2 cm³/mol. The zero-order valence-corrected chi connectivity index (χ0v) is 9.90. The average molecular weight is 217 g/mol. The molecule has 1 atom stereocenters. The molecule has 1 heterocycles. The van der Waals surface area contributed by atoms with Crippen LogP contribution in [0.1, 0.15) is 5.56 Å². The topological polar surface area (TPSA) is 41.3 Å². The molecular weight excluding hydrogens is 198 g/mol. The van der Waals surface area contributed by atoms with Crippen LogP contribution in [0.3, 0.4) is 0 Å². The lowest BCUT2D eigenvalue weighted by Gasteiger charge is -2.23. The molecule has 3 nitrogen and oxygen atoms in total. The molecule has 2 rings (SSSR count). The highest BCUT2D eigenvalue weighted by atomic mass is 15.1. The molecule has 0 radical (unpaired) electrons. The first-order chi connectivity index (χ1) is 7.66. The van der Waals surface area contributed by atoms with E-state index in [0.29, 0.717) is 5.92 Å². The fourth-order valence-corrected chi connectivity index (χ4v) is 2.18. The van der Waals surface area contributed by atoms with Crippen molar-refractivity contribution >= 4 is 5.69 Å². The van der Waals surface area contributed by atoms with Crippen molar-refractivity contribution in [2.24, 2.45) is 11.7 Å². The minimum absolute atomic E-state index is 0.504. The van der Waals surface area contributed by atoms with Crippen molar-refractivity contribution in [3.63, 3.8) is 0 Å². The van der Waals surface area contributed by atoms with Gasteiger partial charge >= 0.3 is 0 Å². The zero-order valence-electron chi connectivity index (χ0n) is 9.90. The summed E-state index contributed by atoms with van der Waals surface area (Å²) < 4.78 is 0. The van der Waals surface area contributed by atoms with Crippen LogP contribution >= 0.6 is 0 Å². The minimum atomic E-state index is 0.504. The molecule has 0 fully saturated rings. The summed E-state index contributed by atoms with van der Waals surface area (Å²) in [7, 11) is 2.13. The van der Waals surface area contributed by atoms with Gasteiger partial charge in [-0.1, -0.05) is 18.2 Å². The van der Waals surface area contributed by atoms with E-state index < -0.39 is 0 Å². The Morgan fingerprint density at radius 3 is 2.81 bits per heavy atom. The van der Waals surface area contributed by atoms with Crippen LogP contribution in [0.2, 0.25) is 0 Å². The highest BCUT2D eigenvalue weighted by Crippen LogP contribution is 2.20. The summed E-state index contributed by atoms with van der Waals surface area (Å²) in [5, 5.41) is 3.15. The maximum atomic E-state index is 5.70. The van der Waals surface area contributed by atoms with E-state index in [-0.39, 0.29) is 0 Å². The Bertz CT molecular complexity index is 398. The van der Waals surface area contributed by atoms with Crippen LogP contribution in [0.5, 0.6) is 0 Å². The summed E-state index contributed by atoms with van der Waals surface area (Å²) in [5.41, 5.74) is 8.31. The summed E-state index contributed by atoms with van der Waals surface area (Å²) in [6.07, 6.45) is 2.11. The molecule has 3 heteroatoms. The first-order valence-corrected chi connectivity index (χ1v) is 5.65. The largest absolute Gasteiger partial charge is 0.386 e. The Kier molecular flexibility index (Phi) is 3.04. The second-order valence-corrected chi connectivity index (χ2v) is 4.43. The molecule has 0 aliphatic carbocycles. The van der Waals surface area contributed by atoms with Crippen LogP contribution in [-0.4, -0.2) is 20.1 Å². The van der Waals surface area contributed by atoms with Crippen molar-refractivity contribution < 1.29 is 0 Å². The third-order valence-corrected chi connectivity index (χ3v) is 3.02. The standard InChI is InChI=1S/C13H19N3/c1-10-5-3-4-6-12(10)16(2)9-11-7-13(14)15-8-11/h3-7,11,15H,8-9,14H2,1-2H3/t11-/m0/s1. The van der Waals surface area contributed by atoms with Gasteiger partial charge in [-0.15, -0.1) is 0 Å².